The third-order valence-electron chi connectivity index (χ3n) is 3.45. The van der Waals surface area contributed by atoms with Crippen molar-refractivity contribution in [1.82, 2.24) is 9.97 Å². The molecule has 0 saturated carbocycles. The molecule has 1 saturated heterocycles. The number of rotatable bonds is 4. The van der Waals surface area contributed by atoms with Crippen LogP contribution in [0.3, 0.4) is 0 Å². The monoisotopic (exact) mass is 473 g/mol. The van der Waals surface area contributed by atoms with Crippen LogP contribution >= 0.6 is 31.9 Å². The summed E-state index contributed by atoms with van der Waals surface area (Å²) in [5, 5.41) is 13.7. The highest BCUT2D eigenvalue weighted by Gasteiger charge is 2.17. The molecule has 2 N–H and O–H groups in total. The molecule has 7 nitrogen and oxygen atoms in total. The van der Waals surface area contributed by atoms with Crippen LogP contribution in [0.4, 0.5) is 16.2 Å². The molecule has 0 radical (unpaired) electrons. The first kappa shape index (κ1) is 18.0. The van der Waals surface area contributed by atoms with Crippen molar-refractivity contribution in [3.63, 3.8) is 0 Å². The van der Waals surface area contributed by atoms with Crippen LogP contribution in [-0.4, -0.2) is 47.6 Å². The maximum atomic E-state index is 14.0. The van der Waals surface area contributed by atoms with Gasteiger partial charge in [0.25, 0.3) is 0 Å². The Kier molecular flexibility index (Phi) is 5.82. The second-order valence-corrected chi connectivity index (χ2v) is 6.88. The van der Waals surface area contributed by atoms with Gasteiger partial charge in [0.1, 0.15) is 5.75 Å². The maximum absolute atomic E-state index is 14.0. The smallest absolute Gasteiger partial charge is 0.245 e. The van der Waals surface area contributed by atoms with Crippen LogP contribution in [0.5, 0.6) is 5.75 Å². The zero-order chi connectivity index (χ0) is 17.8. The van der Waals surface area contributed by atoms with Gasteiger partial charge >= 0.3 is 0 Å². The van der Waals surface area contributed by atoms with E-state index in [1.807, 2.05) is 4.90 Å². The Hall–Kier alpha value is -1.78. The summed E-state index contributed by atoms with van der Waals surface area (Å²) in [6.07, 6.45) is 2.65. The second kappa shape index (κ2) is 8.07. The third-order valence-corrected chi connectivity index (χ3v) is 4.66. The molecule has 0 bridgehead atoms. The number of hydrazone groups is 1. The van der Waals surface area contributed by atoms with Crippen molar-refractivity contribution in [2.75, 3.05) is 36.6 Å². The first-order valence-electron chi connectivity index (χ1n) is 7.37. The van der Waals surface area contributed by atoms with Crippen LogP contribution in [0.2, 0.25) is 0 Å². The number of morpholine rings is 1. The summed E-state index contributed by atoms with van der Waals surface area (Å²) in [5.74, 6) is 0.0483. The zero-order valence-corrected chi connectivity index (χ0v) is 16.1. The molecule has 0 atom stereocenters. The lowest BCUT2D eigenvalue weighted by Crippen LogP contribution is -2.37. The largest absolute Gasteiger partial charge is 0.506 e. The van der Waals surface area contributed by atoms with E-state index in [1.165, 1.54) is 6.21 Å². The zero-order valence-electron chi connectivity index (χ0n) is 12.9. The Balaban J connectivity index is 1.73. The number of anilines is 2. The van der Waals surface area contributed by atoms with E-state index in [9.17, 15) is 9.50 Å². The minimum absolute atomic E-state index is 0.113. The van der Waals surface area contributed by atoms with E-state index in [4.69, 9.17) is 4.74 Å². The first-order valence-corrected chi connectivity index (χ1v) is 8.95. The molecule has 1 aliphatic rings. The van der Waals surface area contributed by atoms with Gasteiger partial charge in [0.15, 0.2) is 11.6 Å². The fourth-order valence-electron chi connectivity index (χ4n) is 2.23. The lowest BCUT2D eigenvalue weighted by atomic mass is 10.2. The molecule has 1 aromatic carbocycles. The van der Waals surface area contributed by atoms with Crippen molar-refractivity contribution in [3.05, 3.63) is 38.7 Å². The van der Waals surface area contributed by atoms with E-state index in [-0.39, 0.29) is 17.5 Å². The van der Waals surface area contributed by atoms with Gasteiger partial charge in [0.05, 0.1) is 34.6 Å². The Labute approximate surface area is 160 Å². The predicted octanol–water partition coefficient (Wildman–Crippen LogP) is 3.13. The Morgan fingerprint density at radius 2 is 1.96 bits per heavy atom. The molecule has 132 valence electrons. The van der Waals surface area contributed by atoms with Crippen LogP contribution in [0.25, 0.3) is 0 Å². The van der Waals surface area contributed by atoms with Gasteiger partial charge in [-0.1, -0.05) is 0 Å². The lowest BCUT2D eigenvalue weighted by molar-refractivity contribution is 0.122. The van der Waals surface area contributed by atoms with Crippen molar-refractivity contribution < 1.29 is 14.2 Å². The highest BCUT2D eigenvalue weighted by Crippen LogP contribution is 2.32. The van der Waals surface area contributed by atoms with Crippen LogP contribution in [-0.2, 0) is 4.74 Å². The summed E-state index contributed by atoms with van der Waals surface area (Å²) in [6, 6.07) is 3.41. The molecule has 1 aromatic heterocycles. The Bertz CT molecular complexity index is 776. The van der Waals surface area contributed by atoms with Gasteiger partial charge in [0.2, 0.25) is 5.95 Å². The van der Waals surface area contributed by atoms with Crippen molar-refractivity contribution in [2.45, 2.75) is 0 Å². The third kappa shape index (κ3) is 4.44. The van der Waals surface area contributed by atoms with Gasteiger partial charge in [0, 0.05) is 13.1 Å². The molecule has 0 unspecified atom stereocenters. The molecular weight excluding hydrogens is 461 g/mol. The van der Waals surface area contributed by atoms with Gasteiger partial charge < -0.3 is 14.7 Å². The SMILES string of the molecule is Oc1c(Br)cc(/C=N/Nc2ncc(F)c(N3CCOCC3)n2)cc1Br. The summed E-state index contributed by atoms with van der Waals surface area (Å²) >= 11 is 6.50. The molecule has 1 fully saturated rings. The van der Waals surface area contributed by atoms with Gasteiger partial charge in [-0.05, 0) is 49.6 Å². The quantitative estimate of drug-likeness (QED) is 0.523. The lowest BCUT2D eigenvalue weighted by Gasteiger charge is -2.27. The van der Waals surface area contributed by atoms with Gasteiger partial charge in [-0.2, -0.15) is 10.1 Å². The number of hydrogen-bond acceptors (Lipinski definition) is 7. The number of phenols is 1. The van der Waals surface area contributed by atoms with Crippen molar-refractivity contribution in [2.24, 2.45) is 5.10 Å². The van der Waals surface area contributed by atoms with E-state index in [1.54, 1.807) is 12.1 Å². The van der Waals surface area contributed by atoms with Crippen molar-refractivity contribution in [3.8, 4) is 5.75 Å². The molecule has 25 heavy (non-hydrogen) atoms. The second-order valence-electron chi connectivity index (χ2n) is 5.17. The standard InChI is InChI=1S/C15H14Br2FN5O2/c16-10-5-9(6-11(17)13(10)24)7-20-22-15-19-8-12(18)14(21-15)23-1-3-25-4-2-23/h5-8,24H,1-4H2,(H,19,21,22)/b20-7+. The van der Waals surface area contributed by atoms with Crippen molar-refractivity contribution >= 4 is 49.8 Å². The Morgan fingerprint density at radius 1 is 1.28 bits per heavy atom. The number of phenolic OH excluding ortho intramolecular Hbond substituents is 1. The fraction of sp³-hybridized carbons (Fsp3) is 0.267. The van der Waals surface area contributed by atoms with Gasteiger partial charge in [-0.15, -0.1) is 0 Å². The summed E-state index contributed by atoms with van der Waals surface area (Å²) in [5.41, 5.74) is 3.42. The van der Waals surface area contributed by atoms with E-state index in [0.717, 1.165) is 11.8 Å². The van der Waals surface area contributed by atoms with Gasteiger partial charge in [-0.3, -0.25) is 0 Å². The number of nitrogens with one attached hydrogen (secondary N) is 1. The van der Waals surface area contributed by atoms with E-state index >= 15 is 0 Å². The average molecular weight is 475 g/mol. The number of halogens is 3. The topological polar surface area (TPSA) is 82.9 Å². The number of ether oxygens (including phenoxy) is 1. The maximum Gasteiger partial charge on any atom is 0.245 e. The number of hydrogen-bond donors (Lipinski definition) is 2. The summed E-state index contributed by atoms with van der Waals surface area (Å²) in [7, 11) is 0. The molecule has 0 aliphatic carbocycles. The van der Waals surface area contributed by atoms with Crippen molar-refractivity contribution in [1.29, 1.82) is 0 Å². The normalized spacial score (nSPS) is 14.9. The van der Waals surface area contributed by atoms with Crippen LogP contribution in [0.1, 0.15) is 5.56 Å². The molecule has 2 aromatic rings. The number of nitrogens with zero attached hydrogens (tertiary/aromatic N) is 4. The summed E-state index contributed by atoms with van der Waals surface area (Å²) in [6.45, 7) is 2.22. The van der Waals surface area contributed by atoms with E-state index in [2.05, 4.69) is 52.4 Å². The molecule has 0 amide bonds. The first-order chi connectivity index (χ1) is 12.0. The minimum atomic E-state index is -0.483. The molecule has 3 rings (SSSR count). The number of aromatic hydroxyl groups is 1. The number of benzene rings is 1. The van der Waals surface area contributed by atoms with E-state index < -0.39 is 5.82 Å². The van der Waals surface area contributed by atoms with Crippen LogP contribution in [0.15, 0.2) is 32.4 Å². The molecule has 10 heteroatoms. The van der Waals surface area contributed by atoms with Gasteiger partial charge in [-0.25, -0.2) is 14.8 Å². The molecule has 1 aliphatic heterocycles. The average Bonchev–Trinajstić information content (AvgIpc) is 2.62. The van der Waals surface area contributed by atoms with Crippen LogP contribution in [0, 0.1) is 5.82 Å². The minimum Gasteiger partial charge on any atom is -0.506 e. The fourth-order valence-corrected chi connectivity index (χ4v) is 3.45. The summed E-state index contributed by atoms with van der Waals surface area (Å²) < 4.78 is 20.3. The molecule has 0 spiro atoms. The summed E-state index contributed by atoms with van der Waals surface area (Å²) in [4.78, 5) is 9.87. The highest BCUT2D eigenvalue weighted by molar-refractivity contribution is 9.11. The molecular formula is C15H14Br2FN5O2. The highest BCUT2D eigenvalue weighted by atomic mass is 79.9. The predicted molar refractivity (Wildman–Crippen MR) is 99.7 cm³/mol. The Morgan fingerprint density at radius 3 is 2.64 bits per heavy atom. The number of aromatic nitrogens is 2. The molecule has 2 heterocycles. The van der Waals surface area contributed by atoms with E-state index in [0.29, 0.717) is 35.2 Å². The van der Waals surface area contributed by atoms with Crippen LogP contribution < -0.4 is 10.3 Å².